The molecule has 0 saturated heterocycles. The molecule has 5 heteroatoms. The van der Waals surface area contributed by atoms with Gasteiger partial charge in [-0.15, -0.1) is 0 Å². The maximum atomic E-state index is 15.1. The van der Waals surface area contributed by atoms with Gasteiger partial charge >= 0.3 is 0 Å². The Balaban J connectivity index is 1.80. The predicted octanol–water partition coefficient (Wildman–Crippen LogP) is 2.45. The van der Waals surface area contributed by atoms with E-state index >= 15 is 4.39 Å². The number of hydrogen-bond donors (Lipinski definition) is 2. The minimum atomic E-state index is -1.56. The molecule has 2 N–H and O–H groups in total. The van der Waals surface area contributed by atoms with Gasteiger partial charge in [0.2, 0.25) is 0 Å². The van der Waals surface area contributed by atoms with Crippen molar-refractivity contribution in [3.63, 3.8) is 0 Å². The Labute approximate surface area is 152 Å². The fraction of sp³-hybridized carbons (Fsp3) is 0.619. The van der Waals surface area contributed by atoms with Crippen LogP contribution in [0, 0.1) is 22.7 Å². The molecule has 140 valence electrons. The number of Topliss-reactive ketones (excluding diaryl/α,β-unsaturated/α-hetero) is 1. The van der Waals surface area contributed by atoms with Crippen LogP contribution in [0.25, 0.3) is 0 Å². The fourth-order valence-electron chi connectivity index (χ4n) is 6.13. The van der Waals surface area contributed by atoms with Crippen molar-refractivity contribution in [1.82, 2.24) is 0 Å². The van der Waals surface area contributed by atoms with E-state index in [1.54, 1.807) is 6.08 Å². The molecule has 2 fully saturated rings. The molecule has 26 heavy (non-hydrogen) atoms. The first-order chi connectivity index (χ1) is 12.2. The van der Waals surface area contributed by atoms with Gasteiger partial charge in [0, 0.05) is 10.8 Å². The quantitative estimate of drug-likeness (QED) is 0.742. The normalized spacial score (nSPS) is 46.8. The summed E-state index contributed by atoms with van der Waals surface area (Å²) in [5.41, 5.74) is -1.25. The van der Waals surface area contributed by atoms with Crippen LogP contribution in [0.1, 0.15) is 39.5 Å². The van der Waals surface area contributed by atoms with Crippen LogP contribution in [0.2, 0.25) is 0 Å². The molecule has 1 unspecified atom stereocenters. The van der Waals surface area contributed by atoms with Gasteiger partial charge in [-0.25, -0.2) is 4.39 Å². The minimum absolute atomic E-state index is 0.0225. The molecular formula is C21H25FO4. The highest BCUT2D eigenvalue weighted by molar-refractivity contribution is 6.01. The van der Waals surface area contributed by atoms with Crippen LogP contribution in [0.15, 0.2) is 35.5 Å². The number of allylic oxidation sites excluding steroid dienone is 6. The van der Waals surface area contributed by atoms with Gasteiger partial charge in [0.1, 0.15) is 18.4 Å². The molecule has 0 aromatic heterocycles. The van der Waals surface area contributed by atoms with Crippen LogP contribution in [0.5, 0.6) is 0 Å². The first kappa shape index (κ1) is 17.8. The third-order valence-corrected chi connectivity index (χ3v) is 7.69. The Bertz CT molecular complexity index is 781. The third kappa shape index (κ3) is 2.01. The van der Waals surface area contributed by atoms with Gasteiger partial charge in [-0.2, -0.15) is 0 Å². The van der Waals surface area contributed by atoms with E-state index in [1.807, 2.05) is 19.9 Å². The molecule has 0 aromatic carbocycles. The molecule has 4 rings (SSSR count). The summed E-state index contributed by atoms with van der Waals surface area (Å²) in [6.45, 7) is 3.17. The van der Waals surface area contributed by atoms with Gasteiger partial charge in [-0.1, -0.05) is 24.6 Å². The number of fused-ring (bicyclic) bond motifs is 5. The first-order valence-corrected chi connectivity index (χ1v) is 9.34. The maximum Gasteiger partial charge on any atom is 0.190 e. The topological polar surface area (TPSA) is 74.6 Å². The Morgan fingerprint density at radius 3 is 2.77 bits per heavy atom. The number of aliphatic hydroxyl groups is 2. The summed E-state index contributed by atoms with van der Waals surface area (Å²) >= 11 is 0. The van der Waals surface area contributed by atoms with E-state index in [9.17, 15) is 19.8 Å². The summed E-state index contributed by atoms with van der Waals surface area (Å²) in [4.78, 5) is 24.0. The molecule has 4 nitrogen and oxygen atoms in total. The summed E-state index contributed by atoms with van der Waals surface area (Å²) < 4.78 is 15.1. The number of aliphatic hydroxyl groups excluding tert-OH is 1. The van der Waals surface area contributed by atoms with Crippen LogP contribution in [0.4, 0.5) is 4.39 Å². The number of hydrogen-bond acceptors (Lipinski definition) is 4. The van der Waals surface area contributed by atoms with E-state index in [1.165, 1.54) is 12.2 Å². The van der Waals surface area contributed by atoms with E-state index in [0.29, 0.717) is 24.8 Å². The van der Waals surface area contributed by atoms with Crippen LogP contribution < -0.4 is 0 Å². The summed E-state index contributed by atoms with van der Waals surface area (Å²) in [6, 6.07) is 0. The Kier molecular flexibility index (Phi) is 3.74. The van der Waals surface area contributed by atoms with Crippen LogP contribution in [-0.2, 0) is 9.59 Å². The average molecular weight is 360 g/mol. The summed E-state index contributed by atoms with van der Waals surface area (Å²) in [6.07, 6.45) is 7.29. The average Bonchev–Trinajstić information content (AvgIpc) is 2.88. The molecule has 0 bridgehead atoms. The van der Waals surface area contributed by atoms with E-state index in [0.717, 1.165) is 5.57 Å². The highest BCUT2D eigenvalue weighted by Gasteiger charge is 2.64. The second kappa shape index (κ2) is 5.46. The van der Waals surface area contributed by atoms with Crippen molar-refractivity contribution in [2.24, 2.45) is 22.7 Å². The Morgan fingerprint density at radius 2 is 2.08 bits per heavy atom. The summed E-state index contributed by atoms with van der Waals surface area (Å²) in [5.74, 6) is -0.819. The SMILES string of the molecule is C[C@]12C=CC(=O)C=C1C(F)C[C@@H]1C2=CC[C@@]2(C)[C@H]1CC[C@]2(O)C(=O)CO. The number of halogens is 1. The van der Waals surface area contributed by atoms with E-state index in [2.05, 4.69) is 0 Å². The van der Waals surface area contributed by atoms with Gasteiger partial charge in [0.05, 0.1) is 0 Å². The molecule has 0 radical (unpaired) electrons. The highest BCUT2D eigenvalue weighted by atomic mass is 19.1. The Morgan fingerprint density at radius 1 is 1.35 bits per heavy atom. The number of carbonyl (C=O) groups is 2. The van der Waals surface area contributed by atoms with Crippen molar-refractivity contribution in [2.75, 3.05) is 6.61 Å². The standard InChI is InChI=1S/C21H25FO4/c1-19-6-3-12(24)9-16(19)17(22)10-13-14(19)4-7-20(2)15(13)5-8-21(20,26)18(25)11-23/h3-4,6,9,13,15,17,23,26H,5,7-8,10-11H2,1-2H3/t13-,15+,17?,19-,20+,21+/m1/s1. The number of ketones is 2. The zero-order valence-electron chi connectivity index (χ0n) is 15.2. The van der Waals surface area contributed by atoms with Gasteiger partial charge in [-0.3, -0.25) is 9.59 Å². The van der Waals surface area contributed by atoms with Crippen molar-refractivity contribution in [3.05, 3.63) is 35.5 Å². The van der Waals surface area contributed by atoms with Crippen LogP contribution >= 0.6 is 0 Å². The second-order valence-corrected chi connectivity index (χ2v) is 8.72. The molecule has 4 aliphatic carbocycles. The van der Waals surface area contributed by atoms with Crippen molar-refractivity contribution in [1.29, 1.82) is 0 Å². The second-order valence-electron chi connectivity index (χ2n) is 8.72. The fourth-order valence-corrected chi connectivity index (χ4v) is 6.13. The molecule has 0 spiro atoms. The first-order valence-electron chi connectivity index (χ1n) is 9.34. The minimum Gasteiger partial charge on any atom is -0.388 e. The van der Waals surface area contributed by atoms with Crippen molar-refractivity contribution in [3.8, 4) is 0 Å². The van der Waals surface area contributed by atoms with E-state index < -0.39 is 35.0 Å². The lowest BCUT2D eigenvalue weighted by Crippen LogP contribution is -2.56. The monoisotopic (exact) mass is 360 g/mol. The molecule has 6 atom stereocenters. The lowest BCUT2D eigenvalue weighted by Gasteiger charge is -2.54. The van der Waals surface area contributed by atoms with Gasteiger partial charge in [0.15, 0.2) is 11.6 Å². The third-order valence-electron chi connectivity index (χ3n) is 7.69. The molecule has 0 amide bonds. The maximum absolute atomic E-state index is 15.1. The summed E-state index contributed by atoms with van der Waals surface area (Å²) in [7, 11) is 0. The van der Waals surface area contributed by atoms with E-state index in [4.69, 9.17) is 0 Å². The van der Waals surface area contributed by atoms with E-state index in [-0.39, 0.29) is 24.0 Å². The highest BCUT2D eigenvalue weighted by Crippen LogP contribution is 2.65. The van der Waals surface area contributed by atoms with Crippen molar-refractivity contribution < 1.29 is 24.2 Å². The number of alkyl halides is 1. The number of carbonyl (C=O) groups excluding carboxylic acids is 2. The van der Waals surface area contributed by atoms with Crippen LogP contribution in [0.3, 0.4) is 0 Å². The van der Waals surface area contributed by atoms with Crippen molar-refractivity contribution in [2.45, 2.75) is 51.3 Å². The van der Waals surface area contributed by atoms with Crippen LogP contribution in [-0.4, -0.2) is 40.2 Å². The smallest absolute Gasteiger partial charge is 0.190 e. The van der Waals surface area contributed by atoms with Gasteiger partial charge < -0.3 is 10.2 Å². The van der Waals surface area contributed by atoms with Gasteiger partial charge in [0.25, 0.3) is 0 Å². The molecule has 4 aliphatic rings. The lowest BCUT2D eigenvalue weighted by molar-refractivity contribution is -0.155. The molecule has 2 saturated carbocycles. The zero-order chi connectivity index (χ0) is 18.9. The zero-order valence-corrected chi connectivity index (χ0v) is 15.2. The molecule has 0 aliphatic heterocycles. The molecular weight excluding hydrogens is 335 g/mol. The lowest BCUT2D eigenvalue weighted by atomic mass is 9.51. The number of rotatable bonds is 2. The Hall–Kier alpha value is -1.59. The molecule has 0 heterocycles. The molecule has 0 aromatic rings. The largest absolute Gasteiger partial charge is 0.388 e. The summed E-state index contributed by atoms with van der Waals surface area (Å²) in [5, 5.41) is 20.4. The van der Waals surface area contributed by atoms with Gasteiger partial charge in [-0.05, 0) is 62.2 Å². The van der Waals surface area contributed by atoms with Crippen molar-refractivity contribution >= 4 is 11.6 Å². The predicted molar refractivity (Wildman–Crippen MR) is 93.9 cm³/mol.